The van der Waals surface area contributed by atoms with E-state index in [-0.39, 0.29) is 18.2 Å². The van der Waals surface area contributed by atoms with Crippen molar-refractivity contribution in [2.75, 3.05) is 13.7 Å². The molecular weight excluding hydrogens is 296 g/mol. The van der Waals surface area contributed by atoms with Crippen LogP contribution in [0.4, 0.5) is 0 Å². The van der Waals surface area contributed by atoms with Gasteiger partial charge in [0.05, 0.1) is 13.7 Å². The number of amides is 1. The maximum atomic E-state index is 12.1. The first-order valence-corrected chi connectivity index (χ1v) is 6.96. The Bertz CT molecular complexity index is 852. The highest BCUT2D eigenvalue weighted by Gasteiger charge is 2.11. The minimum absolute atomic E-state index is 0.0813. The number of oxazole rings is 1. The molecule has 3 aromatic rings. The summed E-state index contributed by atoms with van der Waals surface area (Å²) >= 11 is 0. The minimum atomic E-state index is -0.336. The van der Waals surface area contributed by atoms with Crippen molar-refractivity contribution >= 4 is 22.8 Å². The van der Waals surface area contributed by atoms with Crippen LogP contribution < -0.4 is 10.1 Å². The number of fused-ring (bicyclic) bond motifs is 1. The van der Waals surface area contributed by atoms with Gasteiger partial charge in [-0.2, -0.15) is 0 Å². The molecule has 2 aromatic carbocycles. The molecule has 1 amide bonds. The quantitative estimate of drug-likeness (QED) is 0.732. The molecule has 116 valence electrons. The fraction of sp³-hybridized carbons (Fsp3) is 0.118. The predicted octanol–water partition coefficient (Wildman–Crippen LogP) is 2.45. The molecule has 0 spiro atoms. The summed E-state index contributed by atoms with van der Waals surface area (Å²) in [6, 6.07) is 11.6. The van der Waals surface area contributed by atoms with Gasteiger partial charge in [0, 0.05) is 11.1 Å². The largest absolute Gasteiger partial charge is 0.497 e. The number of rotatable bonds is 5. The zero-order valence-electron chi connectivity index (χ0n) is 12.4. The first kappa shape index (κ1) is 14.8. The number of benzene rings is 2. The van der Waals surface area contributed by atoms with Crippen molar-refractivity contribution in [1.82, 2.24) is 10.3 Å². The summed E-state index contributed by atoms with van der Waals surface area (Å²) in [6.07, 6.45) is 1.32. The lowest BCUT2D eigenvalue weighted by Gasteiger charge is -2.05. The number of carbonyl (C=O) groups is 2. The number of carbonyl (C=O) groups excluding carboxylic acids is 2. The van der Waals surface area contributed by atoms with Crippen molar-refractivity contribution in [3.8, 4) is 5.75 Å². The Kier molecular flexibility index (Phi) is 4.05. The van der Waals surface area contributed by atoms with Crippen molar-refractivity contribution in [1.29, 1.82) is 0 Å². The molecule has 0 saturated carbocycles. The van der Waals surface area contributed by atoms with Crippen LogP contribution in [0.2, 0.25) is 0 Å². The number of aromatic nitrogens is 1. The van der Waals surface area contributed by atoms with Crippen LogP contribution in [0.5, 0.6) is 5.75 Å². The smallest absolute Gasteiger partial charge is 0.251 e. The van der Waals surface area contributed by atoms with E-state index in [4.69, 9.17) is 9.15 Å². The minimum Gasteiger partial charge on any atom is -0.497 e. The Morgan fingerprint density at radius 3 is 2.61 bits per heavy atom. The maximum absolute atomic E-state index is 12.1. The van der Waals surface area contributed by atoms with Crippen LogP contribution in [-0.2, 0) is 0 Å². The molecule has 0 saturated heterocycles. The predicted molar refractivity (Wildman–Crippen MR) is 83.7 cm³/mol. The van der Waals surface area contributed by atoms with Gasteiger partial charge in [-0.15, -0.1) is 0 Å². The standard InChI is InChI=1S/C17H14N2O4/c1-22-13-5-2-11(3-6-13)15(20)9-18-17(21)12-4-7-16-14(8-12)19-10-23-16/h2-8,10H,9H2,1H3,(H,18,21). The fourth-order valence-electron chi connectivity index (χ4n) is 2.14. The summed E-state index contributed by atoms with van der Waals surface area (Å²) in [5.41, 5.74) is 2.14. The highest BCUT2D eigenvalue weighted by Crippen LogP contribution is 2.14. The molecule has 0 bridgehead atoms. The monoisotopic (exact) mass is 310 g/mol. The summed E-state index contributed by atoms with van der Waals surface area (Å²) < 4.78 is 10.2. The molecule has 0 radical (unpaired) electrons. The zero-order valence-corrected chi connectivity index (χ0v) is 12.4. The molecule has 23 heavy (non-hydrogen) atoms. The molecule has 3 rings (SSSR count). The molecule has 0 aliphatic heterocycles. The highest BCUT2D eigenvalue weighted by atomic mass is 16.5. The summed E-state index contributed by atoms with van der Waals surface area (Å²) in [5.74, 6) is 0.159. The molecular formula is C17H14N2O4. The molecule has 0 atom stereocenters. The van der Waals surface area contributed by atoms with Gasteiger partial charge in [0.15, 0.2) is 17.8 Å². The van der Waals surface area contributed by atoms with Gasteiger partial charge in [-0.1, -0.05) is 0 Å². The van der Waals surface area contributed by atoms with E-state index >= 15 is 0 Å². The van der Waals surface area contributed by atoms with E-state index in [0.717, 1.165) is 0 Å². The lowest BCUT2D eigenvalue weighted by Crippen LogP contribution is -2.29. The Balaban J connectivity index is 1.64. The number of methoxy groups -OCH3 is 1. The van der Waals surface area contributed by atoms with Crippen molar-refractivity contribution in [3.05, 3.63) is 60.0 Å². The Morgan fingerprint density at radius 1 is 1.13 bits per heavy atom. The third-order valence-electron chi connectivity index (χ3n) is 3.41. The fourth-order valence-corrected chi connectivity index (χ4v) is 2.14. The van der Waals surface area contributed by atoms with Crippen molar-refractivity contribution in [2.24, 2.45) is 0 Å². The summed E-state index contributed by atoms with van der Waals surface area (Å²) in [6.45, 7) is -0.0813. The van der Waals surface area contributed by atoms with Crippen LogP contribution in [-0.4, -0.2) is 30.3 Å². The zero-order chi connectivity index (χ0) is 16.2. The van der Waals surface area contributed by atoms with Crippen molar-refractivity contribution in [3.63, 3.8) is 0 Å². The SMILES string of the molecule is COc1ccc(C(=O)CNC(=O)c2ccc3ocnc3c2)cc1. The maximum Gasteiger partial charge on any atom is 0.251 e. The van der Waals surface area contributed by atoms with Crippen LogP contribution in [0.1, 0.15) is 20.7 Å². The van der Waals surface area contributed by atoms with Gasteiger partial charge < -0.3 is 14.5 Å². The third kappa shape index (κ3) is 3.21. The van der Waals surface area contributed by atoms with Gasteiger partial charge in [0.25, 0.3) is 5.91 Å². The van der Waals surface area contributed by atoms with Crippen molar-refractivity contribution < 1.29 is 18.7 Å². The molecule has 1 N–H and O–H groups in total. The lowest BCUT2D eigenvalue weighted by atomic mass is 10.1. The van der Waals surface area contributed by atoms with Gasteiger partial charge in [-0.3, -0.25) is 9.59 Å². The van der Waals surface area contributed by atoms with Crippen LogP contribution in [0.25, 0.3) is 11.1 Å². The van der Waals surface area contributed by atoms with Crippen LogP contribution in [0.3, 0.4) is 0 Å². The van der Waals surface area contributed by atoms with Crippen molar-refractivity contribution in [2.45, 2.75) is 0 Å². The Morgan fingerprint density at radius 2 is 1.87 bits per heavy atom. The molecule has 0 unspecified atom stereocenters. The molecule has 6 nitrogen and oxygen atoms in total. The van der Waals surface area contributed by atoms with Gasteiger partial charge in [0.2, 0.25) is 0 Å². The normalized spacial score (nSPS) is 10.5. The average molecular weight is 310 g/mol. The molecule has 1 heterocycles. The van der Waals surface area contributed by atoms with Gasteiger partial charge in [-0.25, -0.2) is 4.98 Å². The third-order valence-corrected chi connectivity index (χ3v) is 3.41. The average Bonchev–Trinajstić information content (AvgIpc) is 3.07. The van der Waals surface area contributed by atoms with E-state index in [9.17, 15) is 9.59 Å². The second kappa shape index (κ2) is 6.31. The van der Waals surface area contributed by atoms with Gasteiger partial charge in [-0.05, 0) is 42.5 Å². The highest BCUT2D eigenvalue weighted by molar-refractivity contribution is 6.03. The van der Waals surface area contributed by atoms with Gasteiger partial charge >= 0.3 is 0 Å². The first-order valence-electron chi connectivity index (χ1n) is 6.96. The molecule has 1 aromatic heterocycles. The number of nitrogens with one attached hydrogen (secondary N) is 1. The lowest BCUT2D eigenvalue weighted by molar-refractivity contribution is 0.0904. The summed E-state index contributed by atoms with van der Waals surface area (Å²) in [7, 11) is 1.56. The van der Waals surface area contributed by atoms with Crippen LogP contribution in [0.15, 0.2) is 53.3 Å². The number of hydrogen-bond donors (Lipinski definition) is 1. The number of nitrogens with zero attached hydrogens (tertiary/aromatic N) is 1. The van der Waals surface area contributed by atoms with Gasteiger partial charge in [0.1, 0.15) is 11.3 Å². The van der Waals surface area contributed by atoms with E-state index in [1.54, 1.807) is 49.6 Å². The Labute approximate surface area is 132 Å². The number of ketones is 1. The molecule has 0 aliphatic rings. The second-order valence-corrected chi connectivity index (χ2v) is 4.87. The topological polar surface area (TPSA) is 81.4 Å². The molecule has 6 heteroatoms. The van der Waals surface area contributed by atoms with Crippen LogP contribution in [0, 0.1) is 0 Å². The summed E-state index contributed by atoms with van der Waals surface area (Å²) in [5, 5.41) is 2.60. The van der Waals surface area contributed by atoms with E-state index in [1.807, 2.05) is 0 Å². The number of hydrogen-bond acceptors (Lipinski definition) is 5. The number of ether oxygens (including phenoxy) is 1. The summed E-state index contributed by atoms with van der Waals surface area (Å²) in [4.78, 5) is 28.2. The molecule has 0 aliphatic carbocycles. The second-order valence-electron chi connectivity index (χ2n) is 4.87. The van der Waals surface area contributed by atoms with Crippen LogP contribution >= 0.6 is 0 Å². The van der Waals surface area contributed by atoms with E-state index in [2.05, 4.69) is 10.3 Å². The first-order chi connectivity index (χ1) is 11.2. The Hall–Kier alpha value is -3.15. The van der Waals surface area contributed by atoms with E-state index < -0.39 is 0 Å². The number of Topliss-reactive ketones (excluding diaryl/α,β-unsaturated/α-hetero) is 1. The van der Waals surface area contributed by atoms with E-state index in [0.29, 0.717) is 28.0 Å². The van der Waals surface area contributed by atoms with E-state index in [1.165, 1.54) is 6.39 Å². The molecule has 0 fully saturated rings.